The van der Waals surface area contributed by atoms with Gasteiger partial charge >= 0.3 is 0 Å². The van der Waals surface area contributed by atoms with Crippen molar-refractivity contribution in [2.75, 3.05) is 5.75 Å². The summed E-state index contributed by atoms with van der Waals surface area (Å²) in [7, 11) is 0. The zero-order valence-electron chi connectivity index (χ0n) is 5.26. The van der Waals surface area contributed by atoms with Crippen LogP contribution in [0.4, 0.5) is 0 Å². The molecule has 2 unspecified atom stereocenters. The van der Waals surface area contributed by atoms with E-state index in [0.717, 1.165) is 6.42 Å². The molecule has 0 aliphatic rings. The Labute approximate surface area is 52.6 Å². The average molecular weight is 136 g/mol. The number of hydrogen-bond donors (Lipinski definition) is 1. The fourth-order valence-electron chi connectivity index (χ4n) is 0.361. The minimum atomic E-state index is -1.60. The molecule has 50 valence electrons. The second-order valence-electron chi connectivity index (χ2n) is 2.00. The first kappa shape index (κ1) is 8.11. The molecule has 0 aromatic heterocycles. The summed E-state index contributed by atoms with van der Waals surface area (Å²) in [5.74, 6) is 0.789. The summed E-state index contributed by atoms with van der Waals surface area (Å²) in [5.41, 5.74) is 0. The van der Waals surface area contributed by atoms with Gasteiger partial charge in [-0.2, -0.15) is 0 Å². The quantitative estimate of drug-likeness (QED) is 0.593. The third-order valence-corrected chi connectivity index (χ3v) is 1.98. The molecule has 0 spiro atoms. The molecule has 0 fully saturated rings. The maximum absolute atomic E-state index is 10.1. The van der Waals surface area contributed by atoms with E-state index in [4.69, 9.17) is 4.55 Å². The third-order valence-electron chi connectivity index (χ3n) is 1.12. The molecular formula is C5H12O2S. The Kier molecular flexibility index (Phi) is 4.09. The van der Waals surface area contributed by atoms with E-state index in [0.29, 0.717) is 11.7 Å². The van der Waals surface area contributed by atoms with Crippen molar-refractivity contribution in [3.8, 4) is 0 Å². The Morgan fingerprint density at radius 2 is 2.25 bits per heavy atom. The van der Waals surface area contributed by atoms with Crippen molar-refractivity contribution in [1.82, 2.24) is 0 Å². The molecule has 0 aromatic rings. The molecule has 0 saturated carbocycles. The van der Waals surface area contributed by atoms with E-state index in [1.807, 2.05) is 13.8 Å². The predicted octanol–water partition coefficient (Wildman–Crippen LogP) is 1.25. The van der Waals surface area contributed by atoms with Crippen LogP contribution in [0.3, 0.4) is 0 Å². The van der Waals surface area contributed by atoms with Crippen LogP contribution in [0.25, 0.3) is 0 Å². The van der Waals surface area contributed by atoms with Crippen molar-refractivity contribution in [2.24, 2.45) is 5.92 Å². The summed E-state index contributed by atoms with van der Waals surface area (Å²) in [4.78, 5) is 0. The van der Waals surface area contributed by atoms with Gasteiger partial charge in [0.2, 0.25) is 0 Å². The molecule has 2 atom stereocenters. The molecule has 0 rings (SSSR count). The van der Waals surface area contributed by atoms with E-state index in [1.165, 1.54) is 0 Å². The summed E-state index contributed by atoms with van der Waals surface area (Å²) in [6, 6.07) is 0. The van der Waals surface area contributed by atoms with Crippen LogP contribution in [0.5, 0.6) is 0 Å². The maximum Gasteiger partial charge on any atom is 0.153 e. The lowest BCUT2D eigenvalue weighted by atomic mass is 10.2. The fourth-order valence-corrected chi connectivity index (χ4v) is 1.08. The first-order valence-corrected chi connectivity index (χ1v) is 4.01. The smallest absolute Gasteiger partial charge is 0.153 e. The largest absolute Gasteiger partial charge is 0.306 e. The Hall–Kier alpha value is 0.110. The maximum atomic E-state index is 10.1. The van der Waals surface area contributed by atoms with E-state index >= 15 is 0 Å². The first-order chi connectivity index (χ1) is 3.66. The predicted molar refractivity (Wildman–Crippen MR) is 35.1 cm³/mol. The van der Waals surface area contributed by atoms with Crippen LogP contribution in [-0.2, 0) is 11.1 Å². The summed E-state index contributed by atoms with van der Waals surface area (Å²) in [6.07, 6.45) is 0.978. The summed E-state index contributed by atoms with van der Waals surface area (Å²) >= 11 is -1.60. The average Bonchev–Trinajstić information content (AvgIpc) is 1.65. The highest BCUT2D eigenvalue weighted by atomic mass is 32.2. The van der Waals surface area contributed by atoms with E-state index in [9.17, 15) is 4.21 Å². The molecule has 0 aliphatic carbocycles. The molecule has 8 heavy (non-hydrogen) atoms. The SMILES string of the molecule is CCC(C)CS(=O)O. The van der Waals surface area contributed by atoms with Gasteiger partial charge in [0.05, 0.1) is 5.75 Å². The summed E-state index contributed by atoms with van der Waals surface area (Å²) < 4.78 is 18.4. The molecule has 1 N–H and O–H groups in total. The highest BCUT2D eigenvalue weighted by Gasteiger charge is 2.00. The van der Waals surface area contributed by atoms with E-state index in [1.54, 1.807) is 0 Å². The lowest BCUT2D eigenvalue weighted by Gasteiger charge is -2.01. The van der Waals surface area contributed by atoms with Gasteiger partial charge in [0, 0.05) is 0 Å². The molecule has 0 amide bonds. The Balaban J connectivity index is 3.24. The second-order valence-corrected chi connectivity index (χ2v) is 2.98. The van der Waals surface area contributed by atoms with Gasteiger partial charge in [-0.1, -0.05) is 20.3 Å². The molecular weight excluding hydrogens is 124 g/mol. The normalized spacial score (nSPS) is 17.9. The zero-order chi connectivity index (χ0) is 6.57. The van der Waals surface area contributed by atoms with Gasteiger partial charge in [-0.25, -0.2) is 4.21 Å². The zero-order valence-corrected chi connectivity index (χ0v) is 6.07. The second kappa shape index (κ2) is 4.04. The van der Waals surface area contributed by atoms with Gasteiger partial charge in [-0.15, -0.1) is 0 Å². The first-order valence-electron chi connectivity index (χ1n) is 2.74. The van der Waals surface area contributed by atoms with Crippen molar-refractivity contribution < 1.29 is 8.76 Å². The van der Waals surface area contributed by atoms with E-state index < -0.39 is 11.1 Å². The van der Waals surface area contributed by atoms with Crippen LogP contribution < -0.4 is 0 Å². The van der Waals surface area contributed by atoms with Crippen LogP contribution in [-0.4, -0.2) is 14.5 Å². The standard InChI is InChI=1S/C5H12O2S/c1-3-5(2)4-8(6)7/h5H,3-4H2,1-2H3,(H,6,7). The fraction of sp³-hybridized carbons (Fsp3) is 1.00. The van der Waals surface area contributed by atoms with Crippen molar-refractivity contribution in [2.45, 2.75) is 20.3 Å². The minimum Gasteiger partial charge on any atom is -0.306 e. The highest BCUT2D eigenvalue weighted by Crippen LogP contribution is 2.00. The van der Waals surface area contributed by atoms with Gasteiger partial charge in [-0.05, 0) is 5.92 Å². The highest BCUT2D eigenvalue weighted by molar-refractivity contribution is 7.79. The van der Waals surface area contributed by atoms with E-state index in [2.05, 4.69) is 0 Å². The lowest BCUT2D eigenvalue weighted by Crippen LogP contribution is -2.04. The van der Waals surface area contributed by atoms with Crippen LogP contribution in [0, 0.1) is 5.92 Å². The van der Waals surface area contributed by atoms with Gasteiger partial charge in [0.1, 0.15) is 0 Å². The Morgan fingerprint density at radius 1 is 1.75 bits per heavy atom. The molecule has 2 nitrogen and oxygen atoms in total. The minimum absolute atomic E-state index is 0.376. The Bertz CT molecular complexity index is 82.5. The van der Waals surface area contributed by atoms with Crippen molar-refractivity contribution >= 4 is 11.1 Å². The van der Waals surface area contributed by atoms with E-state index in [-0.39, 0.29) is 0 Å². The van der Waals surface area contributed by atoms with Crippen molar-refractivity contribution in [3.63, 3.8) is 0 Å². The number of rotatable bonds is 3. The summed E-state index contributed by atoms with van der Waals surface area (Å²) in [5, 5.41) is 0. The van der Waals surface area contributed by atoms with Gasteiger partial charge in [0.25, 0.3) is 0 Å². The topological polar surface area (TPSA) is 37.3 Å². The van der Waals surface area contributed by atoms with Crippen molar-refractivity contribution in [3.05, 3.63) is 0 Å². The van der Waals surface area contributed by atoms with Crippen LogP contribution in [0.2, 0.25) is 0 Å². The molecule has 0 saturated heterocycles. The van der Waals surface area contributed by atoms with Gasteiger partial charge in [0.15, 0.2) is 11.1 Å². The Morgan fingerprint density at radius 3 is 2.38 bits per heavy atom. The number of hydrogen-bond acceptors (Lipinski definition) is 1. The van der Waals surface area contributed by atoms with Crippen LogP contribution in [0.1, 0.15) is 20.3 Å². The van der Waals surface area contributed by atoms with Crippen LogP contribution >= 0.6 is 0 Å². The van der Waals surface area contributed by atoms with Gasteiger partial charge < -0.3 is 4.55 Å². The van der Waals surface area contributed by atoms with Crippen LogP contribution in [0.15, 0.2) is 0 Å². The molecule has 0 heterocycles. The lowest BCUT2D eigenvalue weighted by molar-refractivity contribution is 0.538. The summed E-state index contributed by atoms with van der Waals surface area (Å²) in [6.45, 7) is 3.98. The molecule has 0 aliphatic heterocycles. The molecule has 0 bridgehead atoms. The molecule has 3 heteroatoms. The van der Waals surface area contributed by atoms with Gasteiger partial charge in [-0.3, -0.25) is 0 Å². The monoisotopic (exact) mass is 136 g/mol. The molecule has 0 radical (unpaired) electrons. The van der Waals surface area contributed by atoms with Crippen molar-refractivity contribution in [1.29, 1.82) is 0 Å². The molecule has 0 aromatic carbocycles. The third kappa shape index (κ3) is 4.27.